The molecule has 1 unspecified atom stereocenters. The molecule has 6 heteroatoms. The molecule has 0 bridgehead atoms. The highest BCUT2D eigenvalue weighted by atomic mass is 79.9. The van der Waals surface area contributed by atoms with E-state index in [0.717, 1.165) is 0 Å². The van der Waals surface area contributed by atoms with Gasteiger partial charge in [-0.05, 0) is 34.5 Å². The van der Waals surface area contributed by atoms with Gasteiger partial charge in [-0.25, -0.2) is 12.8 Å². The maximum atomic E-state index is 13.2. The lowest BCUT2D eigenvalue weighted by Crippen LogP contribution is -2.27. The van der Waals surface area contributed by atoms with Crippen molar-refractivity contribution in [2.75, 3.05) is 6.54 Å². The van der Waals surface area contributed by atoms with Gasteiger partial charge in [0.05, 0.1) is 15.5 Å². The Morgan fingerprint density at radius 1 is 1.50 bits per heavy atom. The smallest absolute Gasteiger partial charge is 0.158 e. The lowest BCUT2D eigenvalue weighted by molar-refractivity contribution is 0.582. The first kappa shape index (κ1) is 13.6. The zero-order valence-electron chi connectivity index (χ0n) is 8.78. The van der Waals surface area contributed by atoms with E-state index in [1.807, 2.05) is 0 Å². The fourth-order valence-corrected chi connectivity index (χ4v) is 3.01. The molecule has 0 radical (unpaired) electrons. The summed E-state index contributed by atoms with van der Waals surface area (Å²) in [5.41, 5.74) is 5.73. The largest absolute Gasteiger partial charge is 0.329 e. The van der Waals surface area contributed by atoms with E-state index in [-0.39, 0.29) is 16.8 Å². The first-order valence-corrected chi connectivity index (χ1v) is 7.24. The van der Waals surface area contributed by atoms with Crippen LogP contribution in [0.25, 0.3) is 0 Å². The van der Waals surface area contributed by atoms with E-state index in [9.17, 15) is 12.8 Å². The van der Waals surface area contributed by atoms with Crippen LogP contribution in [0.4, 0.5) is 4.39 Å². The molecule has 1 aromatic carbocycles. The van der Waals surface area contributed by atoms with Crippen LogP contribution in [0, 0.1) is 5.82 Å². The number of benzene rings is 1. The van der Waals surface area contributed by atoms with Gasteiger partial charge in [0.25, 0.3) is 0 Å². The Labute approximate surface area is 103 Å². The number of hydrogen-bond acceptors (Lipinski definition) is 3. The van der Waals surface area contributed by atoms with Crippen LogP contribution in [0.3, 0.4) is 0 Å². The van der Waals surface area contributed by atoms with Crippen LogP contribution in [0.5, 0.6) is 0 Å². The van der Waals surface area contributed by atoms with Gasteiger partial charge in [0, 0.05) is 6.54 Å². The van der Waals surface area contributed by atoms with E-state index in [1.165, 1.54) is 12.1 Å². The number of nitrogens with two attached hydrogens (primary N) is 1. The van der Waals surface area contributed by atoms with E-state index >= 15 is 0 Å². The molecule has 0 aliphatic rings. The summed E-state index contributed by atoms with van der Waals surface area (Å²) in [7, 11) is -3.32. The third kappa shape index (κ3) is 3.02. The van der Waals surface area contributed by atoms with Gasteiger partial charge in [-0.3, -0.25) is 0 Å². The summed E-state index contributed by atoms with van der Waals surface area (Å²) in [5, 5.41) is -0.623. The van der Waals surface area contributed by atoms with Crippen LogP contribution in [-0.4, -0.2) is 20.2 Å². The minimum Gasteiger partial charge on any atom is -0.329 e. The minimum atomic E-state index is -3.32. The molecule has 16 heavy (non-hydrogen) atoms. The highest BCUT2D eigenvalue weighted by Crippen LogP contribution is 2.23. The predicted molar refractivity (Wildman–Crippen MR) is 65.2 cm³/mol. The van der Waals surface area contributed by atoms with Gasteiger partial charge >= 0.3 is 0 Å². The first-order chi connectivity index (χ1) is 7.38. The Hall–Kier alpha value is -0.460. The third-order valence-corrected chi connectivity index (χ3v) is 5.35. The lowest BCUT2D eigenvalue weighted by atomic mass is 10.2. The fraction of sp³-hybridized carbons (Fsp3) is 0.400. The standard InChI is InChI=1S/C10H13BrFNO2S/c1-7(5-13)16(14,15)6-8-3-2-4-9(12)10(8)11/h2-4,7H,5-6,13H2,1H3. The van der Waals surface area contributed by atoms with E-state index in [0.29, 0.717) is 5.56 Å². The molecule has 0 saturated carbocycles. The van der Waals surface area contributed by atoms with Gasteiger partial charge in [0.2, 0.25) is 0 Å². The summed E-state index contributed by atoms with van der Waals surface area (Å²) in [4.78, 5) is 0. The van der Waals surface area contributed by atoms with Crippen molar-refractivity contribution in [1.29, 1.82) is 0 Å². The molecule has 0 aromatic heterocycles. The Bertz CT molecular complexity index is 476. The van der Waals surface area contributed by atoms with Crippen LogP contribution in [0.15, 0.2) is 22.7 Å². The molecule has 0 saturated heterocycles. The van der Waals surface area contributed by atoms with E-state index in [2.05, 4.69) is 15.9 Å². The molecule has 1 atom stereocenters. The van der Waals surface area contributed by atoms with Crippen LogP contribution in [0.1, 0.15) is 12.5 Å². The molecule has 0 heterocycles. The second kappa shape index (κ2) is 5.25. The first-order valence-electron chi connectivity index (χ1n) is 4.73. The zero-order valence-corrected chi connectivity index (χ0v) is 11.2. The Morgan fingerprint density at radius 3 is 2.69 bits per heavy atom. The lowest BCUT2D eigenvalue weighted by Gasteiger charge is -2.11. The number of halogens is 2. The Kier molecular flexibility index (Phi) is 4.46. The van der Waals surface area contributed by atoms with Crippen LogP contribution < -0.4 is 5.73 Å². The highest BCUT2D eigenvalue weighted by molar-refractivity contribution is 9.10. The summed E-state index contributed by atoms with van der Waals surface area (Å²) in [6, 6.07) is 4.33. The quantitative estimate of drug-likeness (QED) is 0.923. The number of hydrogen-bond donors (Lipinski definition) is 1. The SMILES string of the molecule is CC(CN)S(=O)(=O)Cc1cccc(F)c1Br. The average Bonchev–Trinajstić information content (AvgIpc) is 2.23. The van der Waals surface area contributed by atoms with Gasteiger partial charge in [0.1, 0.15) is 5.82 Å². The van der Waals surface area contributed by atoms with Gasteiger partial charge in [-0.15, -0.1) is 0 Å². The molecule has 1 aromatic rings. The van der Waals surface area contributed by atoms with Crippen LogP contribution in [-0.2, 0) is 15.6 Å². The second-order valence-electron chi connectivity index (χ2n) is 3.57. The molecular weight excluding hydrogens is 297 g/mol. The summed E-state index contributed by atoms with van der Waals surface area (Å²) in [5.74, 6) is -0.669. The summed E-state index contributed by atoms with van der Waals surface area (Å²) in [6.07, 6.45) is 0. The third-order valence-electron chi connectivity index (χ3n) is 2.33. The summed E-state index contributed by atoms with van der Waals surface area (Å²) < 4.78 is 36.9. The van der Waals surface area contributed by atoms with Gasteiger partial charge in [-0.1, -0.05) is 12.1 Å². The molecule has 0 spiro atoms. The molecule has 2 N–H and O–H groups in total. The molecule has 1 rings (SSSR count). The molecular formula is C10H13BrFNO2S. The van der Waals surface area contributed by atoms with E-state index < -0.39 is 20.9 Å². The summed E-state index contributed by atoms with van der Waals surface area (Å²) in [6.45, 7) is 1.61. The molecule has 90 valence electrons. The fourth-order valence-electron chi connectivity index (χ4n) is 1.17. The van der Waals surface area contributed by atoms with Crippen molar-refractivity contribution < 1.29 is 12.8 Å². The maximum absolute atomic E-state index is 13.2. The van der Waals surface area contributed by atoms with Crippen molar-refractivity contribution in [3.63, 3.8) is 0 Å². The monoisotopic (exact) mass is 309 g/mol. The molecule has 0 aliphatic heterocycles. The van der Waals surface area contributed by atoms with Gasteiger partial charge in [-0.2, -0.15) is 0 Å². The molecule has 0 aliphatic carbocycles. The van der Waals surface area contributed by atoms with Crippen LogP contribution in [0.2, 0.25) is 0 Å². The number of sulfone groups is 1. The predicted octanol–water partition coefficient (Wildman–Crippen LogP) is 1.85. The normalized spacial score (nSPS) is 13.8. The second-order valence-corrected chi connectivity index (χ2v) is 6.78. The Balaban J connectivity index is 3.02. The molecule has 0 amide bonds. The molecule has 3 nitrogen and oxygen atoms in total. The highest BCUT2D eigenvalue weighted by Gasteiger charge is 2.21. The van der Waals surface area contributed by atoms with Gasteiger partial charge in [0.15, 0.2) is 9.84 Å². The summed E-state index contributed by atoms with van der Waals surface area (Å²) >= 11 is 3.03. The van der Waals surface area contributed by atoms with Crippen molar-refractivity contribution in [1.82, 2.24) is 0 Å². The van der Waals surface area contributed by atoms with Crippen molar-refractivity contribution in [3.8, 4) is 0 Å². The number of rotatable bonds is 4. The van der Waals surface area contributed by atoms with E-state index in [1.54, 1.807) is 13.0 Å². The maximum Gasteiger partial charge on any atom is 0.158 e. The van der Waals surface area contributed by atoms with Crippen molar-refractivity contribution in [2.45, 2.75) is 17.9 Å². The average molecular weight is 310 g/mol. The van der Waals surface area contributed by atoms with Crippen LogP contribution >= 0.6 is 15.9 Å². The van der Waals surface area contributed by atoms with Gasteiger partial charge < -0.3 is 5.73 Å². The van der Waals surface area contributed by atoms with Crippen molar-refractivity contribution in [3.05, 3.63) is 34.1 Å². The van der Waals surface area contributed by atoms with E-state index in [4.69, 9.17) is 5.73 Å². The Morgan fingerprint density at radius 2 is 2.12 bits per heavy atom. The minimum absolute atomic E-state index is 0.0648. The zero-order chi connectivity index (χ0) is 12.3. The van der Waals surface area contributed by atoms with Crippen molar-refractivity contribution in [2.24, 2.45) is 5.73 Å². The molecule has 0 fully saturated rings. The topological polar surface area (TPSA) is 60.2 Å². The van der Waals surface area contributed by atoms with Crippen molar-refractivity contribution >= 4 is 25.8 Å².